The smallest absolute Gasteiger partial charge is 0.337 e. The normalized spacial score (nSPS) is 15.1. The highest BCUT2D eigenvalue weighted by Crippen LogP contribution is 2.21. The molecule has 94 valence electrons. The Labute approximate surface area is 108 Å². The molecule has 0 bridgehead atoms. The quantitative estimate of drug-likeness (QED) is 0.778. The van der Waals surface area contributed by atoms with Crippen LogP contribution in [-0.4, -0.2) is 34.9 Å². The maximum Gasteiger partial charge on any atom is 0.337 e. The van der Waals surface area contributed by atoms with Gasteiger partial charge in [-0.05, 0) is 17.7 Å². The SMILES string of the molecule is COC(=O)c1ccc(CN2C(=O)CSC2=O)cc1. The van der Waals surface area contributed by atoms with Crippen LogP contribution in [0.3, 0.4) is 0 Å². The van der Waals surface area contributed by atoms with E-state index in [9.17, 15) is 14.4 Å². The molecule has 1 aliphatic rings. The third-order valence-electron chi connectivity index (χ3n) is 2.56. The average Bonchev–Trinajstić information content (AvgIpc) is 2.70. The first-order chi connectivity index (χ1) is 8.61. The van der Waals surface area contributed by atoms with Crippen LogP contribution in [0.5, 0.6) is 0 Å². The van der Waals surface area contributed by atoms with Gasteiger partial charge in [0.1, 0.15) is 0 Å². The van der Waals surface area contributed by atoms with Crippen molar-refractivity contribution in [2.24, 2.45) is 0 Å². The van der Waals surface area contributed by atoms with Crippen LogP contribution in [0, 0.1) is 0 Å². The summed E-state index contributed by atoms with van der Waals surface area (Å²) in [5, 5.41) is -0.225. The Bertz CT molecular complexity index is 481. The first kappa shape index (κ1) is 12.6. The van der Waals surface area contributed by atoms with Crippen LogP contribution in [-0.2, 0) is 16.1 Å². The van der Waals surface area contributed by atoms with Crippen LogP contribution in [0.15, 0.2) is 24.3 Å². The number of carbonyl (C=O) groups is 3. The van der Waals surface area contributed by atoms with Crippen LogP contribution in [0.2, 0.25) is 0 Å². The maximum atomic E-state index is 11.4. The van der Waals surface area contributed by atoms with E-state index in [-0.39, 0.29) is 23.4 Å². The van der Waals surface area contributed by atoms with Gasteiger partial charge in [0.05, 0.1) is 25.0 Å². The number of carbonyl (C=O) groups excluding carboxylic acids is 3. The largest absolute Gasteiger partial charge is 0.465 e. The Morgan fingerprint density at radius 2 is 2.00 bits per heavy atom. The third-order valence-corrected chi connectivity index (χ3v) is 3.41. The number of hydrogen-bond acceptors (Lipinski definition) is 5. The molecule has 1 aliphatic heterocycles. The first-order valence-corrected chi connectivity index (χ1v) is 6.25. The predicted molar refractivity (Wildman–Crippen MR) is 66.2 cm³/mol. The lowest BCUT2D eigenvalue weighted by molar-refractivity contribution is -0.125. The number of imide groups is 1. The number of hydrogen-bond donors (Lipinski definition) is 0. The van der Waals surface area contributed by atoms with E-state index in [2.05, 4.69) is 4.74 Å². The molecule has 0 unspecified atom stereocenters. The van der Waals surface area contributed by atoms with Crippen molar-refractivity contribution >= 4 is 28.9 Å². The minimum absolute atomic E-state index is 0.179. The zero-order chi connectivity index (χ0) is 13.1. The standard InChI is InChI=1S/C12H11NO4S/c1-17-11(15)9-4-2-8(3-5-9)6-13-10(14)7-18-12(13)16/h2-5H,6-7H2,1H3. The summed E-state index contributed by atoms with van der Waals surface area (Å²) in [5.41, 5.74) is 1.24. The molecule has 2 amide bonds. The van der Waals surface area contributed by atoms with Crippen LogP contribution in [0.25, 0.3) is 0 Å². The van der Waals surface area contributed by atoms with Crippen LogP contribution >= 0.6 is 11.8 Å². The van der Waals surface area contributed by atoms with E-state index in [0.29, 0.717) is 5.56 Å². The monoisotopic (exact) mass is 265 g/mol. The molecule has 0 spiro atoms. The zero-order valence-electron chi connectivity index (χ0n) is 9.71. The number of nitrogens with zero attached hydrogens (tertiary/aromatic N) is 1. The minimum atomic E-state index is -0.412. The molecular weight excluding hydrogens is 254 g/mol. The van der Waals surface area contributed by atoms with E-state index in [1.54, 1.807) is 24.3 Å². The number of benzene rings is 1. The lowest BCUT2D eigenvalue weighted by atomic mass is 10.1. The molecule has 18 heavy (non-hydrogen) atoms. The Morgan fingerprint density at radius 1 is 1.33 bits per heavy atom. The Morgan fingerprint density at radius 3 is 2.50 bits per heavy atom. The van der Waals surface area contributed by atoms with Crippen LogP contribution in [0.4, 0.5) is 4.79 Å². The summed E-state index contributed by atoms with van der Waals surface area (Å²) in [5.74, 6) is -0.383. The molecule has 5 nitrogen and oxygen atoms in total. The molecule has 1 aromatic rings. The molecule has 1 heterocycles. The van der Waals surface area contributed by atoms with Crippen molar-refractivity contribution in [3.8, 4) is 0 Å². The van der Waals surface area contributed by atoms with Crippen LogP contribution in [0.1, 0.15) is 15.9 Å². The van der Waals surface area contributed by atoms with Gasteiger partial charge < -0.3 is 4.74 Å². The summed E-state index contributed by atoms with van der Waals surface area (Å²) in [6.45, 7) is 0.242. The number of esters is 1. The highest BCUT2D eigenvalue weighted by atomic mass is 32.2. The van der Waals surface area contributed by atoms with Crippen molar-refractivity contribution in [2.75, 3.05) is 12.9 Å². The van der Waals surface area contributed by atoms with Gasteiger partial charge in [0, 0.05) is 0 Å². The van der Waals surface area contributed by atoms with Crippen molar-refractivity contribution in [2.45, 2.75) is 6.54 Å². The van der Waals surface area contributed by atoms with Gasteiger partial charge in [-0.25, -0.2) is 4.79 Å². The third kappa shape index (κ3) is 2.53. The van der Waals surface area contributed by atoms with Gasteiger partial charge in [-0.1, -0.05) is 23.9 Å². The average molecular weight is 265 g/mol. The molecular formula is C12H11NO4S. The zero-order valence-corrected chi connectivity index (χ0v) is 10.5. The van der Waals surface area contributed by atoms with Crippen molar-refractivity contribution in [3.05, 3.63) is 35.4 Å². The second kappa shape index (κ2) is 5.22. The van der Waals surface area contributed by atoms with E-state index < -0.39 is 5.97 Å². The molecule has 0 radical (unpaired) electrons. The molecule has 0 aliphatic carbocycles. The van der Waals surface area contributed by atoms with Gasteiger partial charge >= 0.3 is 5.97 Å². The fourth-order valence-corrected chi connectivity index (χ4v) is 2.31. The number of rotatable bonds is 3. The fourth-order valence-electron chi connectivity index (χ4n) is 1.58. The van der Waals surface area contributed by atoms with Crippen molar-refractivity contribution < 1.29 is 19.1 Å². The van der Waals surface area contributed by atoms with E-state index in [1.165, 1.54) is 12.0 Å². The minimum Gasteiger partial charge on any atom is -0.465 e. The summed E-state index contributed by atoms with van der Waals surface area (Å²) in [4.78, 5) is 35.3. The summed E-state index contributed by atoms with van der Waals surface area (Å²) >= 11 is 1.01. The van der Waals surface area contributed by atoms with Gasteiger partial charge in [0.2, 0.25) is 5.91 Å². The number of thioether (sulfide) groups is 1. The van der Waals surface area contributed by atoms with Gasteiger partial charge in [0.15, 0.2) is 0 Å². The van der Waals surface area contributed by atoms with Gasteiger partial charge in [-0.2, -0.15) is 0 Å². The van der Waals surface area contributed by atoms with Gasteiger partial charge in [-0.15, -0.1) is 0 Å². The highest BCUT2D eigenvalue weighted by Gasteiger charge is 2.29. The second-order valence-electron chi connectivity index (χ2n) is 3.72. The topological polar surface area (TPSA) is 63.7 Å². The lowest BCUT2D eigenvalue weighted by Gasteiger charge is -2.12. The Hall–Kier alpha value is -1.82. The first-order valence-electron chi connectivity index (χ1n) is 5.26. The van der Waals surface area contributed by atoms with Crippen molar-refractivity contribution in [3.63, 3.8) is 0 Å². The molecule has 1 saturated heterocycles. The summed E-state index contributed by atoms with van der Waals surface area (Å²) in [6.07, 6.45) is 0. The van der Waals surface area contributed by atoms with Crippen LogP contribution < -0.4 is 0 Å². The molecule has 2 rings (SSSR count). The summed E-state index contributed by atoms with van der Waals surface area (Å²) in [7, 11) is 1.31. The molecule has 0 N–H and O–H groups in total. The molecule has 1 aromatic carbocycles. The van der Waals surface area contributed by atoms with E-state index in [1.807, 2.05) is 0 Å². The Kier molecular flexibility index (Phi) is 3.66. The number of methoxy groups -OCH3 is 1. The van der Waals surface area contributed by atoms with E-state index in [4.69, 9.17) is 0 Å². The van der Waals surface area contributed by atoms with E-state index in [0.717, 1.165) is 17.3 Å². The highest BCUT2D eigenvalue weighted by molar-refractivity contribution is 8.14. The summed E-state index contributed by atoms with van der Waals surface area (Å²) < 4.78 is 4.58. The molecule has 1 fully saturated rings. The predicted octanol–water partition coefficient (Wildman–Crippen LogP) is 1.67. The lowest BCUT2D eigenvalue weighted by Crippen LogP contribution is -2.27. The molecule has 0 aromatic heterocycles. The second-order valence-corrected chi connectivity index (χ2v) is 4.65. The molecule has 0 saturated carbocycles. The maximum absolute atomic E-state index is 11.4. The number of ether oxygens (including phenoxy) is 1. The van der Waals surface area contributed by atoms with E-state index >= 15 is 0 Å². The van der Waals surface area contributed by atoms with Gasteiger partial charge in [-0.3, -0.25) is 14.5 Å². The Balaban J connectivity index is 2.09. The van der Waals surface area contributed by atoms with Gasteiger partial charge in [0.25, 0.3) is 5.24 Å². The van der Waals surface area contributed by atoms with Crippen molar-refractivity contribution in [1.29, 1.82) is 0 Å². The fraction of sp³-hybridized carbons (Fsp3) is 0.250. The number of amides is 2. The molecule has 0 atom stereocenters. The molecule has 6 heteroatoms. The van der Waals surface area contributed by atoms with Crippen molar-refractivity contribution in [1.82, 2.24) is 4.90 Å². The summed E-state index contributed by atoms with van der Waals surface area (Å²) in [6, 6.07) is 6.63.